The van der Waals surface area contributed by atoms with E-state index >= 15 is 0 Å². The second-order valence-corrected chi connectivity index (χ2v) is 8.00. The largest absolute Gasteiger partial charge is 0.507 e. The van der Waals surface area contributed by atoms with Crippen molar-refractivity contribution in [1.82, 2.24) is 30.7 Å². The Morgan fingerprint density at radius 1 is 1.21 bits per heavy atom. The average Bonchev–Trinajstić information content (AvgIpc) is 3.10. The Morgan fingerprint density at radius 2 is 2.11 bits per heavy atom. The molecule has 1 saturated heterocycles. The number of nitrogens with one attached hydrogen (secondary N) is 2. The lowest BCUT2D eigenvalue weighted by molar-refractivity contribution is 0.455. The zero-order chi connectivity index (χ0) is 19.1. The molecule has 1 unspecified atom stereocenters. The second kappa shape index (κ2) is 6.56. The van der Waals surface area contributed by atoms with Crippen LogP contribution in [0.25, 0.3) is 22.4 Å². The number of H-pyrrole nitrogens is 1. The van der Waals surface area contributed by atoms with Crippen molar-refractivity contribution in [2.75, 3.05) is 18.0 Å². The summed E-state index contributed by atoms with van der Waals surface area (Å²) in [5.74, 6) is 0.786. The van der Waals surface area contributed by atoms with Crippen molar-refractivity contribution >= 4 is 5.95 Å². The third-order valence-electron chi connectivity index (χ3n) is 5.68. The third-order valence-corrected chi connectivity index (χ3v) is 5.68. The number of aromatic amines is 1. The molecule has 8 heteroatoms. The number of hydrogen-bond acceptors (Lipinski definition) is 7. The van der Waals surface area contributed by atoms with E-state index in [0.717, 1.165) is 30.6 Å². The number of phenols is 1. The number of aromatic hydroxyl groups is 1. The van der Waals surface area contributed by atoms with Crippen molar-refractivity contribution in [3.05, 3.63) is 36.8 Å². The normalized spacial score (nSPS) is 20.5. The molecular formula is C20H23N7O. The standard InChI is InChI=1S/C20H23N7O/c1-20(5-6-20)24-15-4-7-27(12-15)19-21-11-17(25-26-19)16-3-2-13(8-18(16)28)14-9-22-23-10-14/h2-3,8-11,15,24,28H,4-7,12H2,1H3,(H,22,23). The molecule has 3 aromatic rings. The fraction of sp³-hybridized carbons (Fsp3) is 0.400. The summed E-state index contributed by atoms with van der Waals surface area (Å²) in [4.78, 5) is 6.66. The zero-order valence-corrected chi connectivity index (χ0v) is 15.8. The summed E-state index contributed by atoms with van der Waals surface area (Å²) in [6.07, 6.45) is 8.80. The van der Waals surface area contributed by atoms with Crippen LogP contribution >= 0.6 is 0 Å². The molecule has 0 bridgehead atoms. The van der Waals surface area contributed by atoms with Crippen LogP contribution in [0.4, 0.5) is 5.95 Å². The Morgan fingerprint density at radius 3 is 2.79 bits per heavy atom. The van der Waals surface area contributed by atoms with E-state index in [1.165, 1.54) is 12.8 Å². The van der Waals surface area contributed by atoms with Crippen LogP contribution in [0.2, 0.25) is 0 Å². The molecule has 2 fully saturated rings. The molecule has 2 aliphatic rings. The molecule has 28 heavy (non-hydrogen) atoms. The van der Waals surface area contributed by atoms with E-state index in [1.807, 2.05) is 12.1 Å². The van der Waals surface area contributed by atoms with Gasteiger partial charge < -0.3 is 15.3 Å². The quantitative estimate of drug-likeness (QED) is 0.627. The van der Waals surface area contributed by atoms with E-state index in [-0.39, 0.29) is 5.75 Å². The minimum absolute atomic E-state index is 0.144. The van der Waals surface area contributed by atoms with E-state index in [4.69, 9.17) is 0 Å². The maximum absolute atomic E-state index is 10.4. The fourth-order valence-corrected chi connectivity index (χ4v) is 3.76. The molecule has 5 rings (SSSR count). The molecule has 3 heterocycles. The first kappa shape index (κ1) is 17.1. The van der Waals surface area contributed by atoms with E-state index in [9.17, 15) is 5.11 Å². The number of aromatic nitrogens is 5. The first-order valence-electron chi connectivity index (χ1n) is 9.65. The minimum atomic E-state index is 0.144. The molecule has 2 aromatic heterocycles. The average molecular weight is 377 g/mol. The van der Waals surface area contributed by atoms with Gasteiger partial charge in [0.2, 0.25) is 5.95 Å². The van der Waals surface area contributed by atoms with Gasteiger partial charge in [0, 0.05) is 42.0 Å². The molecule has 1 saturated carbocycles. The van der Waals surface area contributed by atoms with Gasteiger partial charge in [0.15, 0.2) is 0 Å². The summed E-state index contributed by atoms with van der Waals surface area (Å²) in [6, 6.07) is 5.93. The van der Waals surface area contributed by atoms with Crippen LogP contribution in [0.5, 0.6) is 5.75 Å². The molecule has 0 radical (unpaired) electrons. The molecule has 0 amide bonds. The monoisotopic (exact) mass is 377 g/mol. The molecule has 1 atom stereocenters. The Kier molecular flexibility index (Phi) is 4.01. The van der Waals surface area contributed by atoms with Gasteiger partial charge in [0.25, 0.3) is 0 Å². The van der Waals surface area contributed by atoms with Crippen LogP contribution in [-0.4, -0.2) is 55.2 Å². The van der Waals surface area contributed by atoms with Crippen molar-refractivity contribution in [1.29, 1.82) is 0 Å². The maximum Gasteiger partial charge on any atom is 0.245 e. The smallest absolute Gasteiger partial charge is 0.245 e. The van der Waals surface area contributed by atoms with E-state index in [1.54, 1.807) is 24.7 Å². The van der Waals surface area contributed by atoms with Crippen LogP contribution in [0.15, 0.2) is 36.8 Å². The number of hydrogen-bond donors (Lipinski definition) is 3. The summed E-state index contributed by atoms with van der Waals surface area (Å²) in [6.45, 7) is 4.12. The van der Waals surface area contributed by atoms with Gasteiger partial charge in [-0.05, 0) is 43.9 Å². The Bertz CT molecular complexity index is 967. The molecule has 1 aliphatic heterocycles. The lowest BCUT2D eigenvalue weighted by Crippen LogP contribution is -2.40. The van der Waals surface area contributed by atoms with Gasteiger partial charge >= 0.3 is 0 Å². The highest BCUT2D eigenvalue weighted by Crippen LogP contribution is 2.36. The lowest BCUT2D eigenvalue weighted by atomic mass is 10.0. The highest BCUT2D eigenvalue weighted by Gasteiger charge is 2.40. The third kappa shape index (κ3) is 3.31. The van der Waals surface area contributed by atoms with Gasteiger partial charge in [-0.25, -0.2) is 4.98 Å². The van der Waals surface area contributed by atoms with Gasteiger partial charge in [-0.1, -0.05) is 6.07 Å². The topological polar surface area (TPSA) is 103 Å². The first-order chi connectivity index (χ1) is 13.6. The number of rotatable bonds is 5. The first-order valence-corrected chi connectivity index (χ1v) is 9.65. The Hall–Kier alpha value is -3.00. The van der Waals surface area contributed by atoms with Crippen LogP contribution in [0.1, 0.15) is 26.2 Å². The summed E-state index contributed by atoms with van der Waals surface area (Å²) < 4.78 is 0. The lowest BCUT2D eigenvalue weighted by Gasteiger charge is -2.19. The van der Waals surface area contributed by atoms with E-state index in [2.05, 4.69) is 42.5 Å². The predicted molar refractivity (Wildman–Crippen MR) is 106 cm³/mol. The molecule has 8 nitrogen and oxygen atoms in total. The fourth-order valence-electron chi connectivity index (χ4n) is 3.76. The molecule has 1 aliphatic carbocycles. The van der Waals surface area contributed by atoms with E-state index in [0.29, 0.717) is 28.8 Å². The van der Waals surface area contributed by atoms with Crippen LogP contribution in [-0.2, 0) is 0 Å². The van der Waals surface area contributed by atoms with Crippen LogP contribution < -0.4 is 10.2 Å². The van der Waals surface area contributed by atoms with Gasteiger partial charge in [-0.15, -0.1) is 10.2 Å². The van der Waals surface area contributed by atoms with Crippen molar-refractivity contribution in [3.8, 4) is 28.1 Å². The Labute approximate surface area is 163 Å². The van der Waals surface area contributed by atoms with Gasteiger partial charge in [0.1, 0.15) is 11.4 Å². The minimum Gasteiger partial charge on any atom is -0.507 e. The molecule has 3 N–H and O–H groups in total. The van der Waals surface area contributed by atoms with E-state index < -0.39 is 0 Å². The summed E-state index contributed by atoms with van der Waals surface area (Å²) in [7, 11) is 0. The van der Waals surface area contributed by atoms with Crippen molar-refractivity contribution in [2.24, 2.45) is 0 Å². The summed E-state index contributed by atoms with van der Waals surface area (Å²) >= 11 is 0. The molecule has 144 valence electrons. The van der Waals surface area contributed by atoms with Crippen molar-refractivity contribution in [3.63, 3.8) is 0 Å². The number of nitrogens with zero attached hydrogens (tertiary/aromatic N) is 5. The number of anilines is 1. The van der Waals surface area contributed by atoms with Gasteiger partial charge in [-0.3, -0.25) is 5.10 Å². The maximum atomic E-state index is 10.4. The highest BCUT2D eigenvalue weighted by atomic mass is 16.3. The predicted octanol–water partition coefficient (Wildman–Crippen LogP) is 2.36. The summed E-state index contributed by atoms with van der Waals surface area (Å²) in [5.41, 5.74) is 3.30. The summed E-state index contributed by atoms with van der Waals surface area (Å²) in [5, 5.41) is 29.5. The Balaban J connectivity index is 1.30. The number of benzene rings is 1. The second-order valence-electron chi connectivity index (χ2n) is 8.00. The van der Waals surface area contributed by atoms with Gasteiger partial charge in [0.05, 0.1) is 12.4 Å². The molecule has 1 aromatic carbocycles. The van der Waals surface area contributed by atoms with Gasteiger partial charge in [-0.2, -0.15) is 5.10 Å². The van der Waals surface area contributed by atoms with Crippen LogP contribution in [0, 0.1) is 0 Å². The zero-order valence-electron chi connectivity index (χ0n) is 15.8. The SMILES string of the molecule is CC1(NC2CCN(c3ncc(-c4ccc(-c5cn[nH]c5)cc4O)nn3)C2)CC1. The molecule has 0 spiro atoms. The number of phenolic OH excluding ortho intramolecular Hbond substituents is 1. The van der Waals surface area contributed by atoms with Crippen molar-refractivity contribution in [2.45, 2.75) is 37.8 Å². The molecular weight excluding hydrogens is 354 g/mol. The highest BCUT2D eigenvalue weighted by molar-refractivity contribution is 5.73. The van der Waals surface area contributed by atoms with Crippen molar-refractivity contribution < 1.29 is 5.11 Å². The van der Waals surface area contributed by atoms with Crippen LogP contribution in [0.3, 0.4) is 0 Å².